The Hall–Kier alpha value is -1.89. The molecule has 0 bridgehead atoms. The standard InChI is InChI=1S/C11H12N2O2/c12-9-3-1-2-4-10-5-7-11(8-6-10)13(14)15/h5-8H,1-4H2. The van der Waals surface area contributed by atoms with Crippen LogP contribution in [-0.4, -0.2) is 4.92 Å². The first-order valence-electron chi connectivity index (χ1n) is 4.84. The van der Waals surface area contributed by atoms with Crippen LogP contribution in [0, 0.1) is 21.4 Å². The third-order valence-corrected chi connectivity index (χ3v) is 2.15. The lowest BCUT2D eigenvalue weighted by Crippen LogP contribution is -1.89. The first-order valence-corrected chi connectivity index (χ1v) is 4.84. The van der Waals surface area contributed by atoms with E-state index >= 15 is 0 Å². The van der Waals surface area contributed by atoms with Crippen LogP contribution in [0.4, 0.5) is 5.69 Å². The molecule has 0 heterocycles. The highest BCUT2D eigenvalue weighted by atomic mass is 16.6. The van der Waals surface area contributed by atoms with E-state index in [0.29, 0.717) is 6.42 Å². The molecule has 78 valence electrons. The summed E-state index contributed by atoms with van der Waals surface area (Å²) < 4.78 is 0. The lowest BCUT2D eigenvalue weighted by molar-refractivity contribution is -0.384. The Labute approximate surface area is 88.3 Å². The van der Waals surface area contributed by atoms with E-state index in [-0.39, 0.29) is 5.69 Å². The molecular weight excluding hydrogens is 192 g/mol. The molecule has 1 rings (SSSR count). The number of nitriles is 1. The number of hydrogen-bond acceptors (Lipinski definition) is 3. The third-order valence-electron chi connectivity index (χ3n) is 2.15. The zero-order chi connectivity index (χ0) is 11.1. The second-order valence-electron chi connectivity index (χ2n) is 3.29. The minimum Gasteiger partial charge on any atom is -0.258 e. The van der Waals surface area contributed by atoms with Crippen molar-refractivity contribution in [2.45, 2.75) is 25.7 Å². The van der Waals surface area contributed by atoms with Crippen LogP contribution in [0.25, 0.3) is 0 Å². The number of benzene rings is 1. The summed E-state index contributed by atoms with van der Waals surface area (Å²) in [6.45, 7) is 0. The molecule has 1 aromatic rings. The Morgan fingerprint density at radius 1 is 1.27 bits per heavy atom. The smallest absolute Gasteiger partial charge is 0.258 e. The minimum absolute atomic E-state index is 0.121. The van der Waals surface area contributed by atoms with Crippen molar-refractivity contribution in [2.75, 3.05) is 0 Å². The second-order valence-corrected chi connectivity index (χ2v) is 3.29. The number of hydrogen-bond donors (Lipinski definition) is 0. The molecule has 0 saturated carbocycles. The average Bonchev–Trinajstić information content (AvgIpc) is 2.25. The molecule has 4 nitrogen and oxygen atoms in total. The first kappa shape index (κ1) is 11.2. The summed E-state index contributed by atoms with van der Waals surface area (Å²) in [5.74, 6) is 0. The van der Waals surface area contributed by atoms with E-state index < -0.39 is 4.92 Å². The molecule has 0 fully saturated rings. The SMILES string of the molecule is N#CCCCCc1ccc([N+](=O)[O-])cc1. The third kappa shape index (κ3) is 3.77. The summed E-state index contributed by atoms with van der Waals surface area (Å²) in [7, 11) is 0. The molecule has 0 spiro atoms. The molecule has 0 aliphatic heterocycles. The van der Waals surface area contributed by atoms with Gasteiger partial charge in [0.05, 0.1) is 11.0 Å². The molecule has 0 aliphatic rings. The highest BCUT2D eigenvalue weighted by Gasteiger charge is 2.03. The zero-order valence-corrected chi connectivity index (χ0v) is 8.35. The molecule has 0 aliphatic carbocycles. The fourth-order valence-corrected chi connectivity index (χ4v) is 1.32. The molecule has 0 radical (unpaired) electrons. The summed E-state index contributed by atoms with van der Waals surface area (Å²) in [6, 6.07) is 8.65. The van der Waals surface area contributed by atoms with Gasteiger partial charge in [-0.05, 0) is 24.8 Å². The van der Waals surface area contributed by atoms with Crippen LogP contribution in [0.3, 0.4) is 0 Å². The quantitative estimate of drug-likeness (QED) is 0.420. The number of unbranched alkanes of at least 4 members (excludes halogenated alkanes) is 2. The maximum Gasteiger partial charge on any atom is 0.269 e. The van der Waals surface area contributed by atoms with E-state index in [1.165, 1.54) is 12.1 Å². The molecule has 4 heteroatoms. The first-order chi connectivity index (χ1) is 7.24. The fourth-order valence-electron chi connectivity index (χ4n) is 1.32. The highest BCUT2D eigenvalue weighted by molar-refractivity contribution is 5.32. The van der Waals surface area contributed by atoms with E-state index in [0.717, 1.165) is 24.8 Å². The number of aryl methyl sites for hydroxylation is 1. The summed E-state index contributed by atoms with van der Waals surface area (Å²) in [4.78, 5) is 9.98. The Bertz CT molecular complexity index is 365. The van der Waals surface area contributed by atoms with Crippen LogP contribution in [0.15, 0.2) is 24.3 Å². The summed E-state index contributed by atoms with van der Waals surface area (Å²) in [5.41, 5.74) is 1.20. The molecule has 1 aromatic carbocycles. The van der Waals surface area contributed by atoms with Crippen LogP contribution < -0.4 is 0 Å². The normalized spacial score (nSPS) is 9.53. The molecular formula is C11H12N2O2. The van der Waals surface area contributed by atoms with Gasteiger partial charge in [0.2, 0.25) is 0 Å². The van der Waals surface area contributed by atoms with Crippen LogP contribution in [0.1, 0.15) is 24.8 Å². The summed E-state index contributed by atoms with van der Waals surface area (Å²) in [6.07, 6.45) is 3.28. The minimum atomic E-state index is -0.403. The molecule has 0 saturated heterocycles. The second kappa shape index (κ2) is 5.76. The maximum absolute atomic E-state index is 10.4. The predicted molar refractivity (Wildman–Crippen MR) is 56.3 cm³/mol. The number of nitrogens with zero attached hydrogens (tertiary/aromatic N) is 2. The molecule has 0 N–H and O–H groups in total. The van der Waals surface area contributed by atoms with E-state index in [1.807, 2.05) is 0 Å². The van der Waals surface area contributed by atoms with Crippen molar-refractivity contribution in [3.8, 4) is 6.07 Å². The number of nitro groups is 1. The van der Waals surface area contributed by atoms with Gasteiger partial charge in [-0.1, -0.05) is 12.1 Å². The molecule has 15 heavy (non-hydrogen) atoms. The van der Waals surface area contributed by atoms with Gasteiger partial charge in [0, 0.05) is 18.6 Å². The molecule has 0 aromatic heterocycles. The Morgan fingerprint density at radius 2 is 1.93 bits per heavy atom. The Balaban J connectivity index is 2.43. The van der Waals surface area contributed by atoms with Gasteiger partial charge in [0.1, 0.15) is 0 Å². The van der Waals surface area contributed by atoms with Crippen molar-refractivity contribution >= 4 is 5.69 Å². The lowest BCUT2D eigenvalue weighted by Gasteiger charge is -1.99. The Kier molecular flexibility index (Phi) is 4.30. The fraction of sp³-hybridized carbons (Fsp3) is 0.364. The summed E-state index contributed by atoms with van der Waals surface area (Å²) >= 11 is 0. The van der Waals surface area contributed by atoms with Gasteiger partial charge in [-0.2, -0.15) is 5.26 Å². The predicted octanol–water partition coefficient (Wildman–Crippen LogP) is 2.83. The Morgan fingerprint density at radius 3 is 2.47 bits per heavy atom. The topological polar surface area (TPSA) is 66.9 Å². The van der Waals surface area contributed by atoms with Gasteiger partial charge in [-0.15, -0.1) is 0 Å². The van der Waals surface area contributed by atoms with Crippen molar-refractivity contribution in [1.82, 2.24) is 0 Å². The van der Waals surface area contributed by atoms with Crippen molar-refractivity contribution < 1.29 is 4.92 Å². The largest absolute Gasteiger partial charge is 0.269 e. The van der Waals surface area contributed by atoms with Crippen LogP contribution >= 0.6 is 0 Å². The molecule has 0 unspecified atom stereocenters. The lowest BCUT2D eigenvalue weighted by atomic mass is 10.1. The van der Waals surface area contributed by atoms with Crippen molar-refractivity contribution in [3.05, 3.63) is 39.9 Å². The molecule has 0 amide bonds. The van der Waals surface area contributed by atoms with E-state index in [4.69, 9.17) is 5.26 Å². The van der Waals surface area contributed by atoms with E-state index in [1.54, 1.807) is 12.1 Å². The van der Waals surface area contributed by atoms with Crippen LogP contribution in [-0.2, 0) is 6.42 Å². The number of nitro benzene ring substituents is 1. The average molecular weight is 204 g/mol. The molecule has 0 atom stereocenters. The number of non-ortho nitro benzene ring substituents is 1. The van der Waals surface area contributed by atoms with Gasteiger partial charge in [0.25, 0.3) is 5.69 Å². The van der Waals surface area contributed by atoms with Crippen molar-refractivity contribution in [1.29, 1.82) is 5.26 Å². The van der Waals surface area contributed by atoms with Crippen LogP contribution in [0.5, 0.6) is 0 Å². The van der Waals surface area contributed by atoms with Gasteiger partial charge >= 0.3 is 0 Å². The van der Waals surface area contributed by atoms with Crippen LogP contribution in [0.2, 0.25) is 0 Å². The zero-order valence-electron chi connectivity index (χ0n) is 8.35. The summed E-state index contributed by atoms with van der Waals surface area (Å²) in [5, 5.41) is 18.7. The van der Waals surface area contributed by atoms with Gasteiger partial charge < -0.3 is 0 Å². The number of rotatable bonds is 5. The van der Waals surface area contributed by atoms with E-state index in [2.05, 4.69) is 6.07 Å². The monoisotopic (exact) mass is 204 g/mol. The van der Waals surface area contributed by atoms with Gasteiger partial charge in [0.15, 0.2) is 0 Å². The van der Waals surface area contributed by atoms with Gasteiger partial charge in [-0.3, -0.25) is 10.1 Å². The van der Waals surface area contributed by atoms with E-state index in [9.17, 15) is 10.1 Å². The maximum atomic E-state index is 10.4. The van der Waals surface area contributed by atoms with Crippen molar-refractivity contribution in [3.63, 3.8) is 0 Å². The highest BCUT2D eigenvalue weighted by Crippen LogP contribution is 2.13. The van der Waals surface area contributed by atoms with Gasteiger partial charge in [-0.25, -0.2) is 0 Å². The van der Waals surface area contributed by atoms with Crippen molar-refractivity contribution in [2.24, 2.45) is 0 Å².